The number of esters is 1. The third kappa shape index (κ3) is 9.09. The molecule has 4 heteroatoms. The van der Waals surface area contributed by atoms with Crippen LogP contribution in [0.1, 0.15) is 77.6 Å². The van der Waals surface area contributed by atoms with Crippen LogP contribution in [0.3, 0.4) is 0 Å². The van der Waals surface area contributed by atoms with E-state index >= 15 is 0 Å². The lowest BCUT2D eigenvalue weighted by atomic mass is 9.79. The molecule has 0 unspecified atom stereocenters. The standard InChI is InChI=1S/C36H46O4/c1-9-38-33(34(37)39-10-2)22-27-15-19-32(20-16-27)40-21-11-12-26-13-17-28(18-14-26)29-23-30(35(3,4)5)25-31(24-29)36(6,7)8/h11-20,23-25,33H,9-10,21-22H2,1-8H3/t33-/m0/s1. The summed E-state index contributed by atoms with van der Waals surface area (Å²) in [6.45, 7) is 18.6. The van der Waals surface area contributed by atoms with E-state index in [2.05, 4.69) is 90.1 Å². The van der Waals surface area contributed by atoms with Crippen molar-refractivity contribution in [1.29, 1.82) is 0 Å². The minimum Gasteiger partial charge on any atom is -0.490 e. The highest BCUT2D eigenvalue weighted by atomic mass is 16.6. The predicted molar refractivity (Wildman–Crippen MR) is 166 cm³/mol. The van der Waals surface area contributed by atoms with Gasteiger partial charge in [-0.3, -0.25) is 0 Å². The van der Waals surface area contributed by atoms with Crippen LogP contribution in [0.2, 0.25) is 0 Å². The monoisotopic (exact) mass is 542 g/mol. The van der Waals surface area contributed by atoms with E-state index in [0.717, 1.165) is 16.9 Å². The summed E-state index contributed by atoms with van der Waals surface area (Å²) < 4.78 is 16.6. The van der Waals surface area contributed by atoms with E-state index in [0.29, 0.717) is 26.2 Å². The Bertz CT molecular complexity index is 1220. The molecule has 0 saturated carbocycles. The number of rotatable bonds is 11. The van der Waals surface area contributed by atoms with Gasteiger partial charge in [-0.15, -0.1) is 0 Å². The largest absolute Gasteiger partial charge is 0.490 e. The lowest BCUT2D eigenvalue weighted by Gasteiger charge is -2.26. The van der Waals surface area contributed by atoms with Gasteiger partial charge in [0.2, 0.25) is 0 Å². The zero-order valence-electron chi connectivity index (χ0n) is 25.5. The molecule has 0 fully saturated rings. The second-order valence-corrected chi connectivity index (χ2v) is 12.2. The van der Waals surface area contributed by atoms with Crippen molar-refractivity contribution in [3.05, 3.63) is 95.1 Å². The summed E-state index contributed by atoms with van der Waals surface area (Å²) in [6.07, 6.45) is 3.98. The van der Waals surface area contributed by atoms with Gasteiger partial charge >= 0.3 is 5.97 Å². The summed E-state index contributed by atoms with van der Waals surface area (Å²) in [7, 11) is 0. The van der Waals surface area contributed by atoms with Gasteiger partial charge in [0.25, 0.3) is 0 Å². The Kier molecular flexibility index (Phi) is 10.8. The summed E-state index contributed by atoms with van der Waals surface area (Å²) in [6, 6.07) is 23.5. The first-order chi connectivity index (χ1) is 18.9. The van der Waals surface area contributed by atoms with Gasteiger partial charge in [0, 0.05) is 13.0 Å². The second kappa shape index (κ2) is 13.8. The molecule has 0 aliphatic carbocycles. The molecule has 3 aromatic carbocycles. The number of carbonyl (C=O) groups excluding carboxylic acids is 1. The SMILES string of the molecule is CCOC(=O)[C@H](Cc1ccc(OCC=Cc2ccc(-c3cc(C(C)(C)C)cc(C(C)(C)C)c3)cc2)cc1)OCC. The Morgan fingerprint density at radius 1 is 0.775 bits per heavy atom. The van der Waals surface area contributed by atoms with Crippen LogP contribution in [0.4, 0.5) is 0 Å². The fraction of sp³-hybridized carbons (Fsp3) is 0.417. The van der Waals surface area contributed by atoms with Crippen molar-refractivity contribution in [2.45, 2.75) is 78.7 Å². The van der Waals surface area contributed by atoms with Gasteiger partial charge in [-0.05, 0) is 76.3 Å². The van der Waals surface area contributed by atoms with Crippen molar-refractivity contribution in [1.82, 2.24) is 0 Å². The predicted octanol–water partition coefficient (Wildman–Crippen LogP) is 8.55. The van der Waals surface area contributed by atoms with Crippen LogP contribution in [-0.4, -0.2) is 31.9 Å². The molecule has 0 spiro atoms. The molecule has 0 aliphatic heterocycles. The zero-order chi connectivity index (χ0) is 29.3. The first kappa shape index (κ1) is 31.2. The molecule has 3 aromatic rings. The highest BCUT2D eigenvalue weighted by Crippen LogP contribution is 2.34. The van der Waals surface area contributed by atoms with Crippen molar-refractivity contribution >= 4 is 12.0 Å². The number of carbonyl (C=O) groups is 1. The minimum atomic E-state index is -0.589. The molecule has 214 valence electrons. The third-order valence-corrected chi connectivity index (χ3v) is 6.83. The van der Waals surface area contributed by atoms with E-state index in [1.54, 1.807) is 6.92 Å². The van der Waals surface area contributed by atoms with Gasteiger partial charge in [0.1, 0.15) is 12.4 Å². The fourth-order valence-corrected chi connectivity index (χ4v) is 4.36. The molecular formula is C36H46O4. The molecule has 4 nitrogen and oxygen atoms in total. The molecule has 40 heavy (non-hydrogen) atoms. The summed E-state index contributed by atoms with van der Waals surface area (Å²) in [5, 5.41) is 0. The molecule has 0 N–H and O–H groups in total. The van der Waals surface area contributed by atoms with Crippen LogP contribution in [0.5, 0.6) is 5.75 Å². The highest BCUT2D eigenvalue weighted by molar-refractivity contribution is 5.75. The number of benzene rings is 3. The Balaban J connectivity index is 1.60. The van der Waals surface area contributed by atoms with Crippen LogP contribution in [0.15, 0.2) is 72.8 Å². The van der Waals surface area contributed by atoms with Crippen LogP contribution in [-0.2, 0) is 31.5 Å². The second-order valence-electron chi connectivity index (χ2n) is 12.2. The number of hydrogen-bond donors (Lipinski definition) is 0. The van der Waals surface area contributed by atoms with E-state index in [-0.39, 0.29) is 16.8 Å². The molecule has 0 amide bonds. The topological polar surface area (TPSA) is 44.8 Å². The van der Waals surface area contributed by atoms with Gasteiger partial charge in [-0.25, -0.2) is 4.79 Å². The van der Waals surface area contributed by atoms with E-state index in [1.165, 1.54) is 22.3 Å². The molecule has 0 radical (unpaired) electrons. The van der Waals surface area contributed by atoms with Crippen molar-refractivity contribution in [2.24, 2.45) is 0 Å². The molecule has 1 atom stereocenters. The Morgan fingerprint density at radius 3 is 1.90 bits per heavy atom. The molecule has 0 aliphatic rings. The van der Waals surface area contributed by atoms with Crippen molar-refractivity contribution in [3.63, 3.8) is 0 Å². The van der Waals surface area contributed by atoms with Gasteiger partial charge in [0.15, 0.2) is 6.10 Å². The molecule has 0 aromatic heterocycles. The van der Waals surface area contributed by atoms with Crippen LogP contribution >= 0.6 is 0 Å². The van der Waals surface area contributed by atoms with E-state index < -0.39 is 6.10 Å². The maximum atomic E-state index is 12.1. The summed E-state index contributed by atoms with van der Waals surface area (Å²) in [4.78, 5) is 12.1. The first-order valence-corrected chi connectivity index (χ1v) is 14.3. The van der Waals surface area contributed by atoms with Crippen LogP contribution in [0, 0.1) is 0 Å². The fourth-order valence-electron chi connectivity index (χ4n) is 4.36. The average molecular weight is 543 g/mol. The van der Waals surface area contributed by atoms with E-state index in [9.17, 15) is 4.79 Å². The maximum absolute atomic E-state index is 12.1. The average Bonchev–Trinajstić information content (AvgIpc) is 2.91. The first-order valence-electron chi connectivity index (χ1n) is 14.3. The van der Waals surface area contributed by atoms with Crippen molar-refractivity contribution in [3.8, 4) is 16.9 Å². The van der Waals surface area contributed by atoms with E-state index in [1.807, 2.05) is 37.3 Å². The quantitative estimate of drug-likeness (QED) is 0.228. The Labute approximate surface area is 241 Å². The third-order valence-electron chi connectivity index (χ3n) is 6.83. The summed E-state index contributed by atoms with van der Waals surface area (Å²) >= 11 is 0. The summed E-state index contributed by atoms with van der Waals surface area (Å²) in [5.74, 6) is 0.456. The van der Waals surface area contributed by atoms with Gasteiger partial charge < -0.3 is 14.2 Å². The number of ether oxygens (including phenoxy) is 3. The molecule has 0 bridgehead atoms. The van der Waals surface area contributed by atoms with Gasteiger partial charge in [-0.1, -0.05) is 102 Å². The van der Waals surface area contributed by atoms with Crippen LogP contribution < -0.4 is 4.74 Å². The normalized spacial score (nSPS) is 12.9. The van der Waals surface area contributed by atoms with Crippen molar-refractivity contribution < 1.29 is 19.0 Å². The molecule has 0 saturated heterocycles. The smallest absolute Gasteiger partial charge is 0.335 e. The maximum Gasteiger partial charge on any atom is 0.335 e. The van der Waals surface area contributed by atoms with Gasteiger partial charge in [-0.2, -0.15) is 0 Å². The zero-order valence-corrected chi connectivity index (χ0v) is 25.5. The van der Waals surface area contributed by atoms with Gasteiger partial charge in [0.05, 0.1) is 6.61 Å². The Hall–Kier alpha value is -3.37. The van der Waals surface area contributed by atoms with Crippen molar-refractivity contribution in [2.75, 3.05) is 19.8 Å². The lowest BCUT2D eigenvalue weighted by Crippen LogP contribution is -2.28. The minimum absolute atomic E-state index is 0.0908. The molecule has 3 rings (SSSR count). The molecule has 0 heterocycles. The van der Waals surface area contributed by atoms with Crippen LogP contribution in [0.25, 0.3) is 17.2 Å². The van der Waals surface area contributed by atoms with E-state index in [4.69, 9.17) is 14.2 Å². The number of hydrogen-bond acceptors (Lipinski definition) is 4. The Morgan fingerprint density at radius 2 is 1.38 bits per heavy atom. The molecular weight excluding hydrogens is 496 g/mol. The summed E-state index contributed by atoms with van der Waals surface area (Å²) in [5.41, 5.74) is 7.51. The lowest BCUT2D eigenvalue weighted by molar-refractivity contribution is -0.156. The highest BCUT2D eigenvalue weighted by Gasteiger charge is 2.21.